The Balaban J connectivity index is 1.28. The van der Waals surface area contributed by atoms with E-state index in [1.54, 1.807) is 0 Å². The van der Waals surface area contributed by atoms with Crippen LogP contribution in [-0.4, -0.2) is 62.5 Å². The number of amides is 2. The first-order chi connectivity index (χ1) is 14.5. The van der Waals surface area contributed by atoms with Gasteiger partial charge >= 0.3 is 0 Å². The average molecular weight is 429 g/mol. The monoisotopic (exact) mass is 428 g/mol. The van der Waals surface area contributed by atoms with E-state index in [1.165, 1.54) is 17.0 Å². The number of likely N-dealkylation sites (tertiary alicyclic amines) is 1. The number of anilines is 1. The number of rotatable bonds is 9. The van der Waals surface area contributed by atoms with Crippen LogP contribution in [0.5, 0.6) is 0 Å². The molecule has 162 valence electrons. The Bertz CT molecular complexity index is 816. The molecule has 1 aliphatic rings. The standard InChI is InChI=1S/C23H32N4O2S/c1-18-9-10-21(30-18)23(29)25-19-11-15-27(16-12-19)17-22(28)24-13-6-14-26(2)20-7-4-3-5-8-20/h3-5,7-10,19H,6,11-17H2,1-2H3,(H,24,28)(H,25,29). The zero-order valence-electron chi connectivity index (χ0n) is 17.9. The first-order valence-electron chi connectivity index (χ1n) is 10.6. The summed E-state index contributed by atoms with van der Waals surface area (Å²) in [5.41, 5.74) is 1.19. The maximum atomic E-state index is 12.3. The molecule has 0 unspecified atom stereocenters. The summed E-state index contributed by atoms with van der Waals surface area (Å²) in [4.78, 5) is 30.8. The maximum Gasteiger partial charge on any atom is 0.261 e. The molecule has 1 aliphatic heterocycles. The van der Waals surface area contributed by atoms with Gasteiger partial charge in [0, 0.05) is 49.8 Å². The number of thiophene rings is 1. The molecule has 0 bridgehead atoms. The normalized spacial score (nSPS) is 15.0. The highest BCUT2D eigenvalue weighted by molar-refractivity contribution is 7.13. The summed E-state index contributed by atoms with van der Waals surface area (Å²) in [6, 6.07) is 14.3. The van der Waals surface area contributed by atoms with E-state index in [-0.39, 0.29) is 17.9 Å². The van der Waals surface area contributed by atoms with Crippen molar-refractivity contribution in [3.8, 4) is 0 Å². The molecule has 0 spiro atoms. The fraction of sp³-hybridized carbons (Fsp3) is 0.478. The minimum Gasteiger partial charge on any atom is -0.375 e. The summed E-state index contributed by atoms with van der Waals surface area (Å²) in [5.74, 6) is 0.0960. The topological polar surface area (TPSA) is 64.7 Å². The van der Waals surface area contributed by atoms with Crippen LogP contribution in [0.4, 0.5) is 5.69 Å². The number of carbonyl (C=O) groups is 2. The van der Waals surface area contributed by atoms with Crippen molar-refractivity contribution in [3.63, 3.8) is 0 Å². The Labute approximate surface area is 183 Å². The van der Waals surface area contributed by atoms with Gasteiger partial charge in [0.25, 0.3) is 5.91 Å². The van der Waals surface area contributed by atoms with E-state index in [2.05, 4.69) is 39.6 Å². The third-order valence-electron chi connectivity index (χ3n) is 5.44. The lowest BCUT2D eigenvalue weighted by atomic mass is 10.0. The molecule has 2 heterocycles. The number of para-hydroxylation sites is 1. The minimum atomic E-state index is 0.0183. The quantitative estimate of drug-likeness (QED) is 0.603. The summed E-state index contributed by atoms with van der Waals surface area (Å²) in [7, 11) is 2.07. The lowest BCUT2D eigenvalue weighted by Crippen LogP contribution is -2.47. The molecule has 0 aliphatic carbocycles. The van der Waals surface area contributed by atoms with Gasteiger partial charge in [-0.15, -0.1) is 11.3 Å². The van der Waals surface area contributed by atoms with Gasteiger partial charge in [-0.3, -0.25) is 14.5 Å². The molecule has 7 heteroatoms. The van der Waals surface area contributed by atoms with Crippen LogP contribution in [0, 0.1) is 6.92 Å². The molecule has 0 atom stereocenters. The highest BCUT2D eigenvalue weighted by atomic mass is 32.1. The zero-order chi connectivity index (χ0) is 21.3. The molecule has 3 rings (SSSR count). The highest BCUT2D eigenvalue weighted by Crippen LogP contribution is 2.16. The van der Waals surface area contributed by atoms with Gasteiger partial charge in [-0.2, -0.15) is 0 Å². The molecule has 6 nitrogen and oxygen atoms in total. The lowest BCUT2D eigenvalue weighted by molar-refractivity contribution is -0.122. The van der Waals surface area contributed by atoms with E-state index >= 15 is 0 Å². The highest BCUT2D eigenvalue weighted by Gasteiger charge is 2.22. The number of carbonyl (C=O) groups excluding carboxylic acids is 2. The Hall–Kier alpha value is -2.38. The van der Waals surface area contributed by atoms with Crippen molar-refractivity contribution in [1.29, 1.82) is 0 Å². The molecule has 2 amide bonds. The fourth-order valence-electron chi connectivity index (χ4n) is 3.66. The van der Waals surface area contributed by atoms with E-state index in [0.717, 1.165) is 48.7 Å². The molecule has 2 N–H and O–H groups in total. The van der Waals surface area contributed by atoms with E-state index in [9.17, 15) is 9.59 Å². The summed E-state index contributed by atoms with van der Waals surface area (Å²) in [6.45, 7) is 5.69. The second-order valence-electron chi connectivity index (χ2n) is 7.89. The van der Waals surface area contributed by atoms with Crippen molar-refractivity contribution in [2.75, 3.05) is 44.7 Å². The largest absolute Gasteiger partial charge is 0.375 e. The predicted molar refractivity (Wildman–Crippen MR) is 123 cm³/mol. The van der Waals surface area contributed by atoms with Gasteiger partial charge < -0.3 is 15.5 Å². The van der Waals surface area contributed by atoms with E-state index < -0.39 is 0 Å². The molecule has 1 fully saturated rings. The van der Waals surface area contributed by atoms with Gasteiger partial charge in [-0.1, -0.05) is 18.2 Å². The van der Waals surface area contributed by atoms with Crippen molar-refractivity contribution in [3.05, 3.63) is 52.2 Å². The number of hydrogen-bond donors (Lipinski definition) is 2. The number of benzene rings is 1. The van der Waals surface area contributed by atoms with Gasteiger partial charge in [-0.25, -0.2) is 0 Å². The molecule has 2 aromatic rings. The van der Waals surface area contributed by atoms with E-state index in [4.69, 9.17) is 0 Å². The molecular weight excluding hydrogens is 396 g/mol. The van der Waals surface area contributed by atoms with Crippen molar-refractivity contribution in [2.45, 2.75) is 32.2 Å². The summed E-state index contributed by atoms with van der Waals surface area (Å²) < 4.78 is 0. The van der Waals surface area contributed by atoms with Gasteiger partial charge in [0.05, 0.1) is 11.4 Å². The molecule has 30 heavy (non-hydrogen) atoms. The number of aryl methyl sites for hydroxylation is 1. The van der Waals surface area contributed by atoms with Crippen LogP contribution in [0.15, 0.2) is 42.5 Å². The summed E-state index contributed by atoms with van der Waals surface area (Å²) >= 11 is 1.52. The second kappa shape index (κ2) is 11.1. The third-order valence-corrected chi connectivity index (χ3v) is 6.44. The lowest BCUT2D eigenvalue weighted by Gasteiger charge is -2.31. The zero-order valence-corrected chi connectivity index (χ0v) is 18.7. The smallest absolute Gasteiger partial charge is 0.261 e. The Kier molecular flexibility index (Phi) is 8.28. The van der Waals surface area contributed by atoms with Crippen molar-refractivity contribution in [2.24, 2.45) is 0 Å². The number of nitrogens with one attached hydrogen (secondary N) is 2. The van der Waals surface area contributed by atoms with Crippen LogP contribution in [0.1, 0.15) is 33.8 Å². The Morgan fingerprint density at radius 1 is 1.13 bits per heavy atom. The SMILES string of the molecule is Cc1ccc(C(=O)NC2CCN(CC(=O)NCCCN(C)c3ccccc3)CC2)s1. The third kappa shape index (κ3) is 6.85. The molecule has 0 radical (unpaired) electrons. The summed E-state index contributed by atoms with van der Waals surface area (Å²) in [5, 5.41) is 6.16. The van der Waals surface area contributed by atoms with Crippen molar-refractivity contribution in [1.82, 2.24) is 15.5 Å². The molecular formula is C23H32N4O2S. The number of hydrogen-bond acceptors (Lipinski definition) is 5. The summed E-state index contributed by atoms with van der Waals surface area (Å²) in [6.07, 6.45) is 2.67. The van der Waals surface area contributed by atoms with Crippen LogP contribution >= 0.6 is 11.3 Å². The van der Waals surface area contributed by atoms with Crippen LogP contribution in [0.2, 0.25) is 0 Å². The Morgan fingerprint density at radius 2 is 1.87 bits per heavy atom. The number of piperidine rings is 1. The van der Waals surface area contributed by atoms with E-state index in [0.29, 0.717) is 13.1 Å². The van der Waals surface area contributed by atoms with E-state index in [1.807, 2.05) is 37.3 Å². The Morgan fingerprint density at radius 3 is 2.53 bits per heavy atom. The average Bonchev–Trinajstić information content (AvgIpc) is 3.19. The van der Waals surface area contributed by atoms with Crippen LogP contribution < -0.4 is 15.5 Å². The fourth-order valence-corrected chi connectivity index (χ4v) is 4.43. The van der Waals surface area contributed by atoms with Crippen molar-refractivity contribution >= 4 is 28.8 Å². The minimum absolute atomic E-state index is 0.0183. The number of nitrogens with zero attached hydrogens (tertiary/aromatic N) is 2. The van der Waals surface area contributed by atoms with Gasteiger partial charge in [0.15, 0.2) is 0 Å². The van der Waals surface area contributed by atoms with Gasteiger partial charge in [0.2, 0.25) is 5.91 Å². The first-order valence-corrected chi connectivity index (χ1v) is 11.5. The molecule has 1 saturated heterocycles. The first kappa shape index (κ1) is 22.3. The molecule has 1 aromatic carbocycles. The van der Waals surface area contributed by atoms with Crippen LogP contribution in [-0.2, 0) is 4.79 Å². The van der Waals surface area contributed by atoms with Crippen LogP contribution in [0.25, 0.3) is 0 Å². The molecule has 0 saturated carbocycles. The van der Waals surface area contributed by atoms with Crippen LogP contribution in [0.3, 0.4) is 0 Å². The predicted octanol–water partition coefficient (Wildman–Crippen LogP) is 2.89. The van der Waals surface area contributed by atoms with Gasteiger partial charge in [0.1, 0.15) is 0 Å². The second-order valence-corrected chi connectivity index (χ2v) is 9.18. The van der Waals surface area contributed by atoms with Crippen molar-refractivity contribution < 1.29 is 9.59 Å². The molecule has 1 aromatic heterocycles. The van der Waals surface area contributed by atoms with Gasteiger partial charge in [-0.05, 0) is 50.5 Å². The maximum absolute atomic E-state index is 12.3.